The summed E-state index contributed by atoms with van der Waals surface area (Å²) in [6.07, 6.45) is 3.87. The van der Waals surface area contributed by atoms with Crippen molar-refractivity contribution in [3.8, 4) is 0 Å². The summed E-state index contributed by atoms with van der Waals surface area (Å²) in [7, 11) is 1.97. The summed E-state index contributed by atoms with van der Waals surface area (Å²) in [6, 6.07) is 2.03. The third kappa shape index (κ3) is 1.83. The zero-order chi connectivity index (χ0) is 9.10. The number of H-pyrrole nitrogens is 1. The zero-order valence-corrected chi connectivity index (χ0v) is 7.95. The highest BCUT2D eigenvalue weighted by atomic mass is 32.1. The summed E-state index contributed by atoms with van der Waals surface area (Å²) in [5.74, 6) is 0. The predicted molar refractivity (Wildman–Crippen MR) is 50.6 cm³/mol. The molecule has 6 heteroatoms. The molecule has 0 saturated carbocycles. The molecule has 2 aromatic heterocycles. The van der Waals surface area contributed by atoms with Crippen LogP contribution < -0.4 is 4.90 Å². The Morgan fingerprint density at radius 3 is 3.15 bits per heavy atom. The van der Waals surface area contributed by atoms with Gasteiger partial charge in [-0.15, -0.1) is 0 Å². The van der Waals surface area contributed by atoms with Gasteiger partial charge in [0.1, 0.15) is 0 Å². The number of hydrogen-bond acceptors (Lipinski definition) is 5. The molecule has 0 spiro atoms. The average Bonchev–Trinajstić information content (AvgIpc) is 2.74. The lowest BCUT2D eigenvalue weighted by Gasteiger charge is -2.12. The van der Waals surface area contributed by atoms with Crippen molar-refractivity contribution in [2.45, 2.75) is 6.54 Å². The molecule has 0 fully saturated rings. The fraction of sp³-hybridized carbons (Fsp3) is 0.286. The lowest BCUT2D eigenvalue weighted by atomic mass is 10.3. The largest absolute Gasteiger partial charge is 0.367 e. The van der Waals surface area contributed by atoms with Gasteiger partial charge in [0.15, 0.2) is 0 Å². The first-order chi connectivity index (χ1) is 6.36. The maximum absolute atomic E-state index is 3.87. The maximum Gasteiger partial charge on any atom is 0.227 e. The summed E-state index contributed by atoms with van der Waals surface area (Å²) in [4.78, 5) is 5.01. The van der Waals surface area contributed by atoms with Crippen LogP contribution in [0, 0.1) is 0 Å². The Hall–Kier alpha value is -1.43. The molecule has 0 bridgehead atoms. The molecule has 2 aromatic rings. The van der Waals surface area contributed by atoms with Gasteiger partial charge < -0.3 is 9.88 Å². The van der Waals surface area contributed by atoms with Crippen LogP contribution in [0.15, 0.2) is 18.5 Å². The highest BCUT2D eigenvalue weighted by Gasteiger charge is 2.05. The van der Waals surface area contributed by atoms with E-state index < -0.39 is 0 Å². The van der Waals surface area contributed by atoms with Gasteiger partial charge in [0, 0.05) is 37.5 Å². The normalized spacial score (nSPS) is 10.2. The molecule has 0 unspecified atom stereocenters. The summed E-state index contributed by atoms with van der Waals surface area (Å²) in [5, 5.41) is 8.25. The molecule has 0 aliphatic heterocycles. The number of rotatable bonds is 3. The number of nitrogens with one attached hydrogen (secondary N) is 1. The van der Waals surface area contributed by atoms with Gasteiger partial charge in [0.25, 0.3) is 0 Å². The van der Waals surface area contributed by atoms with Crippen LogP contribution >= 0.6 is 11.5 Å². The Bertz CT molecular complexity index is 341. The maximum atomic E-state index is 3.87. The summed E-state index contributed by atoms with van der Waals surface area (Å²) in [6.45, 7) is 0.820. The van der Waals surface area contributed by atoms with Gasteiger partial charge >= 0.3 is 0 Å². The van der Waals surface area contributed by atoms with Crippen molar-refractivity contribution in [2.24, 2.45) is 0 Å². The third-order valence-corrected chi connectivity index (χ3v) is 2.41. The smallest absolute Gasteiger partial charge is 0.227 e. The van der Waals surface area contributed by atoms with Crippen LogP contribution in [-0.2, 0) is 6.54 Å². The van der Waals surface area contributed by atoms with Gasteiger partial charge in [-0.1, -0.05) is 9.59 Å². The minimum absolute atomic E-state index is 0.820. The summed E-state index contributed by atoms with van der Waals surface area (Å²) >= 11 is 1.30. The van der Waals surface area contributed by atoms with E-state index in [4.69, 9.17) is 0 Å². The summed E-state index contributed by atoms with van der Waals surface area (Å²) in [5.41, 5.74) is 1.22. The summed E-state index contributed by atoms with van der Waals surface area (Å²) < 4.78 is 3.70. The van der Waals surface area contributed by atoms with E-state index >= 15 is 0 Å². The average molecular weight is 195 g/mol. The number of aromatic amines is 1. The molecule has 2 heterocycles. The molecular weight excluding hydrogens is 186 g/mol. The van der Waals surface area contributed by atoms with Gasteiger partial charge in [0.2, 0.25) is 5.13 Å². The van der Waals surface area contributed by atoms with E-state index in [1.807, 2.05) is 30.4 Å². The van der Waals surface area contributed by atoms with Crippen LogP contribution in [0.25, 0.3) is 0 Å². The Morgan fingerprint density at radius 2 is 2.54 bits per heavy atom. The van der Waals surface area contributed by atoms with E-state index in [0.29, 0.717) is 0 Å². The van der Waals surface area contributed by atoms with Crippen molar-refractivity contribution in [1.82, 2.24) is 19.8 Å². The van der Waals surface area contributed by atoms with Crippen LogP contribution in [0.4, 0.5) is 5.13 Å². The van der Waals surface area contributed by atoms with Gasteiger partial charge in [-0.3, -0.25) is 0 Å². The molecule has 0 aromatic carbocycles. The molecule has 0 saturated heterocycles. The molecule has 0 atom stereocenters. The monoisotopic (exact) mass is 195 g/mol. The van der Waals surface area contributed by atoms with Crippen LogP contribution in [-0.4, -0.2) is 26.8 Å². The van der Waals surface area contributed by atoms with E-state index in [2.05, 4.69) is 19.8 Å². The molecular formula is C7H9N5S. The minimum atomic E-state index is 0.820. The lowest BCUT2D eigenvalue weighted by Crippen LogP contribution is -2.15. The van der Waals surface area contributed by atoms with Crippen LogP contribution in [0.5, 0.6) is 0 Å². The van der Waals surface area contributed by atoms with E-state index in [1.54, 1.807) is 0 Å². The molecule has 5 nitrogen and oxygen atoms in total. The third-order valence-electron chi connectivity index (χ3n) is 1.70. The topological polar surface area (TPSA) is 57.7 Å². The Labute approximate surface area is 79.6 Å². The molecule has 0 aliphatic rings. The molecule has 0 aliphatic carbocycles. The highest BCUT2D eigenvalue weighted by molar-refractivity contribution is 7.09. The van der Waals surface area contributed by atoms with E-state index in [-0.39, 0.29) is 0 Å². The predicted octanol–water partition coefficient (Wildman–Crippen LogP) is 0.898. The SMILES string of the molecule is CN(Cc1cc[nH]c1)c1nnns1. The molecule has 68 valence electrons. The van der Waals surface area contributed by atoms with Crippen molar-refractivity contribution < 1.29 is 0 Å². The Morgan fingerprint density at radius 1 is 1.62 bits per heavy atom. The quantitative estimate of drug-likeness (QED) is 0.790. The number of nitrogens with zero attached hydrogens (tertiary/aromatic N) is 4. The van der Waals surface area contributed by atoms with Crippen molar-refractivity contribution in [1.29, 1.82) is 0 Å². The number of aromatic nitrogens is 4. The second-order valence-electron chi connectivity index (χ2n) is 2.72. The first kappa shape index (κ1) is 8.18. The zero-order valence-electron chi connectivity index (χ0n) is 7.14. The first-order valence-corrected chi connectivity index (χ1v) is 4.61. The van der Waals surface area contributed by atoms with Gasteiger partial charge in [-0.2, -0.15) is 0 Å². The minimum Gasteiger partial charge on any atom is -0.367 e. The van der Waals surface area contributed by atoms with Crippen molar-refractivity contribution in [3.05, 3.63) is 24.0 Å². The van der Waals surface area contributed by atoms with Crippen molar-refractivity contribution in [2.75, 3.05) is 11.9 Å². The van der Waals surface area contributed by atoms with Gasteiger partial charge in [-0.25, -0.2) is 0 Å². The van der Waals surface area contributed by atoms with E-state index in [0.717, 1.165) is 11.7 Å². The second kappa shape index (κ2) is 3.53. The number of anilines is 1. The Kier molecular flexibility index (Phi) is 2.22. The molecule has 2 rings (SSSR count). The Balaban J connectivity index is 2.04. The fourth-order valence-electron chi connectivity index (χ4n) is 1.07. The highest BCUT2D eigenvalue weighted by Crippen LogP contribution is 2.13. The van der Waals surface area contributed by atoms with Crippen molar-refractivity contribution >= 4 is 16.7 Å². The lowest BCUT2D eigenvalue weighted by molar-refractivity contribution is 0.874. The van der Waals surface area contributed by atoms with E-state index in [1.165, 1.54) is 17.1 Å². The van der Waals surface area contributed by atoms with Gasteiger partial charge in [-0.05, 0) is 16.8 Å². The van der Waals surface area contributed by atoms with Crippen LogP contribution in [0.3, 0.4) is 0 Å². The number of hydrogen-bond donors (Lipinski definition) is 1. The molecule has 0 amide bonds. The van der Waals surface area contributed by atoms with Crippen molar-refractivity contribution in [3.63, 3.8) is 0 Å². The van der Waals surface area contributed by atoms with Gasteiger partial charge in [0.05, 0.1) is 0 Å². The second-order valence-corrected chi connectivity index (χ2v) is 3.43. The van der Waals surface area contributed by atoms with E-state index in [9.17, 15) is 0 Å². The molecule has 13 heavy (non-hydrogen) atoms. The first-order valence-electron chi connectivity index (χ1n) is 3.84. The molecule has 1 N–H and O–H groups in total. The van der Waals surface area contributed by atoms with Crippen LogP contribution in [0.2, 0.25) is 0 Å². The van der Waals surface area contributed by atoms with Crippen LogP contribution in [0.1, 0.15) is 5.56 Å². The fourth-order valence-corrected chi connectivity index (χ4v) is 1.50. The standard InChI is InChI=1S/C7H9N5S/c1-12(7-9-10-11-13-7)5-6-2-3-8-4-6/h2-4,8H,5H2,1H3. The molecule has 0 radical (unpaired) electrons.